The second kappa shape index (κ2) is 17.9. The third-order valence-corrected chi connectivity index (χ3v) is 11.3. The molecule has 3 N–H and O–H groups in total. The van der Waals surface area contributed by atoms with Gasteiger partial charge in [0.25, 0.3) is 11.6 Å². The molecule has 13 nitrogen and oxygen atoms in total. The lowest BCUT2D eigenvalue weighted by molar-refractivity contribution is -0.384. The number of nitrogens with zero attached hydrogens (tertiary/aromatic N) is 4. The van der Waals surface area contributed by atoms with E-state index in [4.69, 9.17) is 19.5 Å². The standard InChI is InChI=1S/C43H48N4O9/c1-3-22-54-43-39(46(2)42(51)30-14-10-28(26-44)11-15-30)25-37(45-55-27-29-12-16-32(17-13-29)47(52)53)35-23-31(8-4-6-20-48)34(9-5-7-21-49)40(41(35)43)36-24-33(50)18-19-38(36)56-43/h3,10-19,23-24,31,34,39-41,48-50H,1,4-9,20-22,25,27H2,2H3/t31-,34+,39-,40+,41+,43+/m0/s1. The number of carbonyl (C=O) groups excluding carboxylic acids is 1. The van der Waals surface area contributed by atoms with E-state index in [0.29, 0.717) is 41.0 Å². The maximum Gasteiger partial charge on any atom is 0.269 e. The van der Waals surface area contributed by atoms with Crippen LogP contribution in [0.1, 0.15) is 77.9 Å². The van der Waals surface area contributed by atoms with Gasteiger partial charge in [-0.25, -0.2) is 0 Å². The number of rotatable bonds is 17. The lowest BCUT2D eigenvalue weighted by Crippen LogP contribution is -2.69. The lowest BCUT2D eigenvalue weighted by Gasteiger charge is -2.59. The van der Waals surface area contributed by atoms with Crippen molar-refractivity contribution in [2.45, 2.75) is 69.3 Å². The molecule has 1 saturated carbocycles. The van der Waals surface area contributed by atoms with Crippen molar-refractivity contribution in [3.8, 4) is 17.6 Å². The number of benzene rings is 3. The summed E-state index contributed by atoms with van der Waals surface area (Å²) in [6.07, 6.45) is 8.30. The number of nitro benzene ring substituents is 1. The van der Waals surface area contributed by atoms with Gasteiger partial charge in [0.2, 0.25) is 5.79 Å². The molecule has 294 valence electrons. The van der Waals surface area contributed by atoms with E-state index in [1.54, 1.807) is 72.6 Å². The van der Waals surface area contributed by atoms with Crippen molar-refractivity contribution >= 4 is 17.3 Å². The number of phenols is 1. The Morgan fingerprint density at radius 2 is 1.80 bits per heavy atom. The van der Waals surface area contributed by atoms with Crippen molar-refractivity contribution < 1.29 is 39.3 Å². The number of nitriles is 1. The minimum atomic E-state index is -1.46. The molecule has 0 aromatic heterocycles. The second-order valence-electron chi connectivity index (χ2n) is 14.6. The zero-order valence-corrected chi connectivity index (χ0v) is 31.5. The number of carbonyl (C=O) groups is 1. The Morgan fingerprint density at radius 3 is 2.46 bits per heavy atom. The average Bonchev–Trinajstić information content (AvgIpc) is 3.21. The summed E-state index contributed by atoms with van der Waals surface area (Å²) in [6.45, 7) is 4.18. The minimum absolute atomic E-state index is 0.00860. The third-order valence-electron chi connectivity index (χ3n) is 11.3. The van der Waals surface area contributed by atoms with Gasteiger partial charge in [0.15, 0.2) is 0 Å². The maximum atomic E-state index is 14.4. The van der Waals surface area contributed by atoms with Gasteiger partial charge in [-0.05, 0) is 103 Å². The van der Waals surface area contributed by atoms with Gasteiger partial charge < -0.3 is 34.5 Å². The fraction of sp³-hybridized carbons (Fsp3) is 0.419. The Labute approximate surface area is 326 Å². The lowest BCUT2D eigenvalue weighted by atomic mass is 9.55. The molecule has 0 bridgehead atoms. The van der Waals surface area contributed by atoms with Gasteiger partial charge in [-0.15, -0.1) is 6.58 Å². The van der Waals surface area contributed by atoms with Gasteiger partial charge in [0.1, 0.15) is 24.1 Å². The fourth-order valence-corrected chi connectivity index (χ4v) is 8.67. The number of aliphatic hydroxyl groups excluding tert-OH is 2. The van der Waals surface area contributed by atoms with Crippen LogP contribution >= 0.6 is 0 Å². The number of hydrogen-bond acceptors (Lipinski definition) is 11. The first-order chi connectivity index (χ1) is 27.1. The van der Waals surface area contributed by atoms with Crippen LogP contribution in [0, 0.1) is 39.2 Å². The maximum absolute atomic E-state index is 14.4. The number of oxime groups is 1. The number of nitro groups is 1. The summed E-state index contributed by atoms with van der Waals surface area (Å²) in [6, 6.07) is 18.8. The highest BCUT2D eigenvalue weighted by Crippen LogP contribution is 2.61. The van der Waals surface area contributed by atoms with Crippen molar-refractivity contribution in [2.75, 3.05) is 26.9 Å². The molecule has 6 rings (SSSR count). The van der Waals surface area contributed by atoms with E-state index in [2.05, 4.69) is 18.7 Å². The molecule has 1 heterocycles. The predicted molar refractivity (Wildman–Crippen MR) is 208 cm³/mol. The summed E-state index contributed by atoms with van der Waals surface area (Å²) in [7, 11) is 1.69. The molecule has 56 heavy (non-hydrogen) atoms. The van der Waals surface area contributed by atoms with Gasteiger partial charge in [0.05, 0.1) is 34.8 Å². The third kappa shape index (κ3) is 8.18. The van der Waals surface area contributed by atoms with Gasteiger partial charge in [-0.3, -0.25) is 14.9 Å². The first kappa shape index (κ1) is 40.1. The van der Waals surface area contributed by atoms with E-state index in [1.807, 2.05) is 0 Å². The smallest absolute Gasteiger partial charge is 0.269 e. The van der Waals surface area contributed by atoms with Crippen molar-refractivity contribution in [3.05, 3.63) is 123 Å². The molecule has 13 heteroatoms. The Balaban J connectivity index is 1.52. The molecule has 0 radical (unpaired) electrons. The van der Waals surface area contributed by atoms with Crippen LogP contribution in [0.15, 0.2) is 96.2 Å². The molecule has 0 spiro atoms. The summed E-state index contributed by atoms with van der Waals surface area (Å²) in [5.74, 6) is -2.04. The van der Waals surface area contributed by atoms with Gasteiger partial charge in [-0.2, -0.15) is 5.26 Å². The van der Waals surface area contributed by atoms with E-state index < -0.39 is 22.7 Å². The Kier molecular flexibility index (Phi) is 12.9. The Hall–Kier alpha value is -5.55. The molecule has 1 amide bonds. The SMILES string of the molecule is C=CCO[C@@]12Oc3ccc(O)cc3[C@H]3[C@H](CCCCO)[C@@H](CCCCO)C=C(C(=NOCc4ccc([N+](=O)[O-])cc4)C[C@@H]1N(C)C(=O)c1ccc(C#N)cc1)[C@H]32. The summed E-state index contributed by atoms with van der Waals surface area (Å²) < 4.78 is 13.9. The molecule has 1 fully saturated rings. The number of likely N-dealkylation sites (N-methyl/N-ethyl adjacent to an activating group) is 1. The number of ether oxygens (including phenoxy) is 2. The summed E-state index contributed by atoms with van der Waals surface area (Å²) in [5.41, 5.74) is 3.64. The topological polar surface area (TPSA) is 188 Å². The van der Waals surface area contributed by atoms with E-state index in [-0.39, 0.29) is 67.9 Å². The summed E-state index contributed by atoms with van der Waals surface area (Å²) >= 11 is 0. The largest absolute Gasteiger partial charge is 0.508 e. The molecular weight excluding hydrogens is 716 g/mol. The van der Waals surface area contributed by atoms with E-state index >= 15 is 0 Å². The second-order valence-corrected chi connectivity index (χ2v) is 14.6. The van der Waals surface area contributed by atoms with Gasteiger partial charge in [0, 0.05) is 55.9 Å². The van der Waals surface area contributed by atoms with Crippen LogP contribution in [-0.4, -0.2) is 75.5 Å². The van der Waals surface area contributed by atoms with Crippen molar-refractivity contribution in [2.24, 2.45) is 22.9 Å². The first-order valence-corrected chi connectivity index (χ1v) is 19.1. The number of phenolic OH excluding ortho intramolecular Hbond substituents is 1. The molecule has 3 aromatic rings. The van der Waals surface area contributed by atoms with Crippen molar-refractivity contribution in [1.29, 1.82) is 5.26 Å². The number of non-ortho nitro benzene ring substituents is 1. The van der Waals surface area contributed by atoms with E-state index in [1.165, 1.54) is 12.1 Å². The van der Waals surface area contributed by atoms with Crippen molar-refractivity contribution in [3.63, 3.8) is 0 Å². The number of amides is 1. The number of aliphatic hydroxyl groups is 2. The number of allylic oxidation sites excluding steroid dienone is 1. The monoisotopic (exact) mass is 764 g/mol. The van der Waals surface area contributed by atoms with Gasteiger partial charge >= 0.3 is 0 Å². The number of aromatic hydroxyl groups is 1. The zero-order chi connectivity index (χ0) is 39.8. The molecule has 3 aliphatic rings. The quantitative estimate of drug-likeness (QED) is 0.0572. The highest BCUT2D eigenvalue weighted by Gasteiger charge is 2.65. The number of hydrogen-bond donors (Lipinski definition) is 3. The Bertz CT molecular complexity index is 1990. The van der Waals surface area contributed by atoms with E-state index in [0.717, 1.165) is 36.8 Å². The minimum Gasteiger partial charge on any atom is -0.508 e. The highest BCUT2D eigenvalue weighted by atomic mass is 16.7. The van der Waals surface area contributed by atoms with Gasteiger partial charge in [-0.1, -0.05) is 30.1 Å². The van der Waals surface area contributed by atoms with Crippen LogP contribution in [-0.2, 0) is 16.2 Å². The van der Waals surface area contributed by atoms with E-state index in [9.17, 15) is 35.5 Å². The van der Waals surface area contributed by atoms with Crippen LogP contribution in [0.25, 0.3) is 0 Å². The molecular formula is C43H48N4O9. The molecule has 6 atom stereocenters. The van der Waals surface area contributed by atoms with Crippen LogP contribution in [0.2, 0.25) is 0 Å². The molecule has 3 aromatic carbocycles. The average molecular weight is 765 g/mol. The summed E-state index contributed by atoms with van der Waals surface area (Å²) in [4.78, 5) is 32.8. The molecule has 0 saturated heterocycles. The first-order valence-electron chi connectivity index (χ1n) is 19.1. The zero-order valence-electron chi connectivity index (χ0n) is 31.5. The molecule has 0 unspecified atom stereocenters. The number of fused-ring (bicyclic) bond motifs is 2. The normalized spacial score (nSPS) is 24.1. The highest BCUT2D eigenvalue weighted by molar-refractivity contribution is 6.03. The molecule has 2 aliphatic carbocycles. The fourth-order valence-electron chi connectivity index (χ4n) is 8.67. The molecule has 1 aliphatic heterocycles. The van der Waals surface area contributed by atoms with Crippen LogP contribution in [0.3, 0.4) is 0 Å². The van der Waals surface area contributed by atoms with Crippen LogP contribution in [0.5, 0.6) is 11.5 Å². The van der Waals surface area contributed by atoms with Crippen molar-refractivity contribution in [1.82, 2.24) is 4.90 Å². The van der Waals surface area contributed by atoms with Crippen LogP contribution < -0.4 is 4.74 Å². The summed E-state index contributed by atoms with van der Waals surface area (Å²) in [5, 5.41) is 55.8. The van der Waals surface area contributed by atoms with Crippen LogP contribution in [0.4, 0.5) is 5.69 Å². The Morgan fingerprint density at radius 1 is 1.09 bits per heavy atom. The predicted octanol–water partition coefficient (Wildman–Crippen LogP) is 6.78. The number of unbranched alkanes of at least 4 members (excludes halogenated alkanes) is 2.